The van der Waals surface area contributed by atoms with E-state index in [9.17, 15) is 0 Å². The van der Waals surface area contributed by atoms with Crippen LogP contribution in [-0.2, 0) is 0 Å². The summed E-state index contributed by atoms with van der Waals surface area (Å²) in [6.45, 7) is 10.3. The molecule has 186 valence electrons. The Morgan fingerprint density at radius 2 is 0.912 bits per heavy atom. The molecule has 0 unspecified atom stereocenters. The first-order chi connectivity index (χ1) is 16.7. The quantitative estimate of drug-likeness (QED) is 0.173. The van der Waals surface area contributed by atoms with Crippen LogP contribution in [-0.4, -0.2) is 24.6 Å². The maximum Gasteiger partial charge on any atom is 0.119 e. The molecule has 0 aliphatic rings. The highest BCUT2D eigenvalue weighted by atomic mass is 16.5. The standard InChI is InChI=1S/C30H44N2O2/c1-5-9-11-13-23-33-27-19-15-25(16-20-27)31-29(7-3)30(8-4)32-26-17-21-28(22-18-26)34-24-14-12-10-6-2/h15-22H,5-14,23-24H2,1-4H3. The third-order valence-corrected chi connectivity index (χ3v) is 5.74. The SMILES string of the molecule is CCCCCCOc1ccc(N=C(CC)C(CC)=Nc2ccc(OCCCCCC)cc2)cc1. The summed E-state index contributed by atoms with van der Waals surface area (Å²) >= 11 is 0. The van der Waals surface area contributed by atoms with Crippen molar-refractivity contribution < 1.29 is 9.47 Å². The molecule has 0 bridgehead atoms. The first-order valence-electron chi connectivity index (χ1n) is 13.3. The minimum absolute atomic E-state index is 0.776. The Kier molecular flexibility index (Phi) is 13.7. The van der Waals surface area contributed by atoms with Gasteiger partial charge in [-0.05, 0) is 74.2 Å². The van der Waals surface area contributed by atoms with Gasteiger partial charge in [0.05, 0.1) is 36.0 Å². The third-order valence-electron chi connectivity index (χ3n) is 5.74. The minimum atomic E-state index is 0.776. The lowest BCUT2D eigenvalue weighted by Crippen LogP contribution is -2.11. The van der Waals surface area contributed by atoms with E-state index in [-0.39, 0.29) is 0 Å². The molecule has 0 saturated heterocycles. The number of aliphatic imine (C=N–C) groups is 2. The van der Waals surface area contributed by atoms with E-state index in [4.69, 9.17) is 19.5 Å². The van der Waals surface area contributed by atoms with Crippen LogP contribution in [0.15, 0.2) is 58.5 Å². The fourth-order valence-electron chi connectivity index (χ4n) is 3.68. The van der Waals surface area contributed by atoms with Gasteiger partial charge in [0.1, 0.15) is 11.5 Å². The summed E-state index contributed by atoms with van der Waals surface area (Å²) < 4.78 is 11.7. The molecule has 0 fully saturated rings. The Balaban J connectivity index is 1.97. The second kappa shape index (κ2) is 16.9. The predicted octanol–water partition coefficient (Wildman–Crippen LogP) is 9.27. The van der Waals surface area contributed by atoms with Crippen molar-refractivity contribution >= 4 is 22.8 Å². The number of hydrogen-bond acceptors (Lipinski definition) is 4. The molecule has 0 aliphatic carbocycles. The minimum Gasteiger partial charge on any atom is -0.494 e. The zero-order valence-corrected chi connectivity index (χ0v) is 21.8. The summed E-state index contributed by atoms with van der Waals surface area (Å²) in [5.74, 6) is 1.82. The van der Waals surface area contributed by atoms with Crippen molar-refractivity contribution in [1.29, 1.82) is 0 Å². The van der Waals surface area contributed by atoms with Gasteiger partial charge in [0.15, 0.2) is 0 Å². The van der Waals surface area contributed by atoms with Gasteiger partial charge in [-0.2, -0.15) is 0 Å². The monoisotopic (exact) mass is 464 g/mol. The molecule has 0 saturated carbocycles. The van der Waals surface area contributed by atoms with Crippen LogP contribution in [0.4, 0.5) is 11.4 Å². The van der Waals surface area contributed by atoms with Crippen LogP contribution in [0.2, 0.25) is 0 Å². The van der Waals surface area contributed by atoms with E-state index < -0.39 is 0 Å². The van der Waals surface area contributed by atoms with E-state index in [0.717, 1.165) is 73.2 Å². The van der Waals surface area contributed by atoms with Crippen LogP contribution < -0.4 is 9.47 Å². The van der Waals surface area contributed by atoms with Crippen LogP contribution in [0.3, 0.4) is 0 Å². The molecule has 0 amide bonds. The Morgan fingerprint density at radius 1 is 0.529 bits per heavy atom. The molecule has 4 nitrogen and oxygen atoms in total. The zero-order valence-electron chi connectivity index (χ0n) is 21.8. The summed E-state index contributed by atoms with van der Waals surface area (Å²) in [7, 11) is 0. The summed E-state index contributed by atoms with van der Waals surface area (Å²) in [4.78, 5) is 9.79. The highest BCUT2D eigenvalue weighted by molar-refractivity contribution is 6.43. The number of benzene rings is 2. The molecule has 0 aliphatic heterocycles. The molecule has 0 radical (unpaired) electrons. The summed E-state index contributed by atoms with van der Waals surface area (Å²) in [5, 5.41) is 0. The molecular weight excluding hydrogens is 420 g/mol. The topological polar surface area (TPSA) is 43.2 Å². The molecule has 0 heterocycles. The molecule has 0 spiro atoms. The van der Waals surface area contributed by atoms with E-state index in [1.54, 1.807) is 0 Å². The van der Waals surface area contributed by atoms with Crippen molar-refractivity contribution in [2.75, 3.05) is 13.2 Å². The van der Waals surface area contributed by atoms with Gasteiger partial charge in [0.25, 0.3) is 0 Å². The Morgan fingerprint density at radius 3 is 1.24 bits per heavy atom. The fourth-order valence-corrected chi connectivity index (χ4v) is 3.68. The summed E-state index contributed by atoms with van der Waals surface area (Å²) in [6, 6.07) is 16.1. The van der Waals surface area contributed by atoms with Gasteiger partial charge in [-0.15, -0.1) is 0 Å². The van der Waals surface area contributed by atoms with Crippen molar-refractivity contribution in [3.05, 3.63) is 48.5 Å². The van der Waals surface area contributed by atoms with E-state index in [1.165, 1.54) is 38.5 Å². The smallest absolute Gasteiger partial charge is 0.119 e. The van der Waals surface area contributed by atoms with Crippen LogP contribution >= 0.6 is 0 Å². The van der Waals surface area contributed by atoms with E-state index in [2.05, 4.69) is 27.7 Å². The lowest BCUT2D eigenvalue weighted by molar-refractivity contribution is 0.305. The molecule has 0 N–H and O–H groups in total. The highest BCUT2D eigenvalue weighted by Crippen LogP contribution is 2.22. The van der Waals surface area contributed by atoms with Crippen LogP contribution in [0.25, 0.3) is 0 Å². The van der Waals surface area contributed by atoms with Crippen molar-refractivity contribution in [3.63, 3.8) is 0 Å². The lowest BCUT2D eigenvalue weighted by atomic mass is 10.1. The van der Waals surface area contributed by atoms with Crippen LogP contribution in [0, 0.1) is 0 Å². The molecule has 34 heavy (non-hydrogen) atoms. The van der Waals surface area contributed by atoms with E-state index in [1.807, 2.05) is 48.5 Å². The maximum atomic E-state index is 5.86. The van der Waals surface area contributed by atoms with Crippen LogP contribution in [0.1, 0.15) is 91.9 Å². The lowest BCUT2D eigenvalue weighted by Gasteiger charge is -2.09. The first-order valence-corrected chi connectivity index (χ1v) is 13.3. The molecule has 0 atom stereocenters. The average Bonchev–Trinajstić information content (AvgIpc) is 2.87. The summed E-state index contributed by atoms with van der Waals surface area (Å²) in [6.07, 6.45) is 11.4. The van der Waals surface area contributed by atoms with E-state index in [0.29, 0.717) is 0 Å². The second-order valence-electron chi connectivity index (χ2n) is 8.63. The predicted molar refractivity (Wildman–Crippen MR) is 147 cm³/mol. The number of ether oxygens (including phenoxy) is 2. The molecule has 2 aromatic carbocycles. The molecular formula is C30H44N2O2. The second-order valence-corrected chi connectivity index (χ2v) is 8.63. The van der Waals surface area contributed by atoms with Gasteiger partial charge in [0, 0.05) is 0 Å². The number of rotatable bonds is 17. The van der Waals surface area contributed by atoms with Crippen molar-refractivity contribution in [2.45, 2.75) is 91.9 Å². The Bertz CT molecular complexity index is 781. The van der Waals surface area contributed by atoms with Crippen molar-refractivity contribution in [3.8, 4) is 11.5 Å². The molecule has 0 aromatic heterocycles. The number of nitrogens with zero attached hydrogens (tertiary/aromatic N) is 2. The Hall–Kier alpha value is -2.62. The van der Waals surface area contributed by atoms with Gasteiger partial charge >= 0.3 is 0 Å². The van der Waals surface area contributed by atoms with Crippen molar-refractivity contribution in [1.82, 2.24) is 0 Å². The third kappa shape index (κ3) is 10.5. The van der Waals surface area contributed by atoms with Gasteiger partial charge in [-0.25, -0.2) is 0 Å². The first kappa shape index (κ1) is 27.6. The van der Waals surface area contributed by atoms with Gasteiger partial charge in [-0.1, -0.05) is 66.2 Å². The molecule has 2 aromatic rings. The number of hydrogen-bond donors (Lipinski definition) is 0. The molecule has 2 rings (SSSR count). The largest absolute Gasteiger partial charge is 0.494 e. The summed E-state index contributed by atoms with van der Waals surface area (Å²) in [5.41, 5.74) is 3.91. The van der Waals surface area contributed by atoms with E-state index >= 15 is 0 Å². The van der Waals surface area contributed by atoms with Gasteiger partial charge in [0.2, 0.25) is 0 Å². The molecule has 4 heteroatoms. The van der Waals surface area contributed by atoms with Gasteiger partial charge in [-0.3, -0.25) is 9.98 Å². The van der Waals surface area contributed by atoms with Gasteiger partial charge < -0.3 is 9.47 Å². The highest BCUT2D eigenvalue weighted by Gasteiger charge is 2.07. The van der Waals surface area contributed by atoms with Crippen LogP contribution in [0.5, 0.6) is 11.5 Å². The Labute approximate surface area is 207 Å². The maximum absolute atomic E-state index is 5.86. The fraction of sp³-hybridized carbons (Fsp3) is 0.533. The normalized spacial score (nSPS) is 12.1. The average molecular weight is 465 g/mol. The van der Waals surface area contributed by atoms with Crippen molar-refractivity contribution in [2.24, 2.45) is 9.98 Å². The zero-order chi connectivity index (χ0) is 24.4. The number of unbranched alkanes of at least 4 members (excludes halogenated alkanes) is 6.